The van der Waals surface area contributed by atoms with Crippen LogP contribution in [-0.4, -0.2) is 31.7 Å². The number of nitrogens with one attached hydrogen (secondary N) is 2. The topological polar surface area (TPSA) is 72.6 Å². The van der Waals surface area contributed by atoms with Crippen LogP contribution in [0.15, 0.2) is 72.8 Å². The van der Waals surface area contributed by atoms with E-state index in [-0.39, 0.29) is 11.3 Å². The first-order valence-corrected chi connectivity index (χ1v) is 12.4. The van der Waals surface area contributed by atoms with Crippen molar-refractivity contribution >= 4 is 16.8 Å². The van der Waals surface area contributed by atoms with Crippen molar-refractivity contribution in [2.75, 3.05) is 20.8 Å². The minimum Gasteiger partial charge on any atom is -0.493 e. The van der Waals surface area contributed by atoms with E-state index in [4.69, 9.17) is 14.2 Å². The van der Waals surface area contributed by atoms with Crippen molar-refractivity contribution in [1.82, 2.24) is 10.3 Å². The normalized spacial score (nSPS) is 14.5. The first-order valence-electron chi connectivity index (χ1n) is 12.4. The number of ether oxygens (including phenoxy) is 3. The van der Waals surface area contributed by atoms with Crippen molar-refractivity contribution in [2.24, 2.45) is 0 Å². The Morgan fingerprint density at radius 3 is 2.44 bits per heavy atom. The van der Waals surface area contributed by atoms with Crippen LogP contribution in [0.5, 0.6) is 17.2 Å². The van der Waals surface area contributed by atoms with Crippen molar-refractivity contribution in [1.29, 1.82) is 0 Å². The molecule has 36 heavy (non-hydrogen) atoms. The molecule has 1 amide bonds. The van der Waals surface area contributed by atoms with Gasteiger partial charge in [0.05, 0.1) is 14.2 Å². The Balaban J connectivity index is 1.29. The molecule has 1 aliphatic rings. The molecule has 1 aromatic heterocycles. The zero-order valence-corrected chi connectivity index (χ0v) is 20.8. The molecular formula is C30H32N2O4. The molecule has 1 saturated carbocycles. The summed E-state index contributed by atoms with van der Waals surface area (Å²) < 4.78 is 16.9. The molecule has 0 saturated heterocycles. The summed E-state index contributed by atoms with van der Waals surface area (Å²) >= 11 is 0. The van der Waals surface area contributed by atoms with Gasteiger partial charge in [0.15, 0.2) is 11.5 Å². The number of rotatable bonds is 9. The molecule has 2 N–H and O–H groups in total. The van der Waals surface area contributed by atoms with Gasteiger partial charge in [-0.3, -0.25) is 4.79 Å². The van der Waals surface area contributed by atoms with E-state index in [0.29, 0.717) is 30.3 Å². The fourth-order valence-corrected chi connectivity index (χ4v) is 5.19. The Labute approximate surface area is 211 Å². The number of amides is 1. The molecule has 0 bridgehead atoms. The highest BCUT2D eigenvalue weighted by Crippen LogP contribution is 2.43. The molecule has 0 unspecified atom stereocenters. The summed E-state index contributed by atoms with van der Waals surface area (Å²) in [4.78, 5) is 16.4. The van der Waals surface area contributed by atoms with E-state index < -0.39 is 0 Å². The molecule has 1 aliphatic carbocycles. The lowest BCUT2D eigenvalue weighted by Gasteiger charge is -2.30. The molecule has 0 atom stereocenters. The zero-order chi connectivity index (χ0) is 25.0. The van der Waals surface area contributed by atoms with E-state index in [9.17, 15) is 4.79 Å². The number of carbonyl (C=O) groups excluding carboxylic acids is 1. The molecule has 0 aliphatic heterocycles. The molecule has 3 aromatic carbocycles. The number of aromatic nitrogens is 1. The Morgan fingerprint density at radius 2 is 1.69 bits per heavy atom. The van der Waals surface area contributed by atoms with Crippen LogP contribution in [0.2, 0.25) is 0 Å². The lowest BCUT2D eigenvalue weighted by molar-refractivity contribution is 0.0939. The number of hydrogen-bond donors (Lipinski definition) is 2. The number of hydrogen-bond acceptors (Lipinski definition) is 4. The van der Waals surface area contributed by atoms with Gasteiger partial charge in [-0.25, -0.2) is 0 Å². The van der Waals surface area contributed by atoms with Gasteiger partial charge in [0.2, 0.25) is 0 Å². The van der Waals surface area contributed by atoms with Gasteiger partial charge in [0.25, 0.3) is 5.91 Å². The quantitative estimate of drug-likeness (QED) is 0.305. The molecule has 1 heterocycles. The Hall–Kier alpha value is -3.93. The first kappa shape index (κ1) is 23.8. The van der Waals surface area contributed by atoms with Crippen LogP contribution in [0.1, 0.15) is 47.3 Å². The molecule has 6 nitrogen and oxygen atoms in total. The lowest BCUT2D eigenvalue weighted by atomic mass is 9.78. The number of fused-ring (bicyclic) bond motifs is 1. The third-order valence-electron chi connectivity index (χ3n) is 7.23. The van der Waals surface area contributed by atoms with Crippen LogP contribution in [0, 0.1) is 0 Å². The highest BCUT2D eigenvalue weighted by Gasteiger charge is 2.36. The summed E-state index contributed by atoms with van der Waals surface area (Å²) in [7, 11) is 3.29. The van der Waals surface area contributed by atoms with Crippen molar-refractivity contribution in [3.63, 3.8) is 0 Å². The van der Waals surface area contributed by atoms with Crippen molar-refractivity contribution in [3.05, 3.63) is 89.6 Å². The predicted octanol–water partition coefficient (Wildman–Crippen LogP) is 6.01. The first-order chi connectivity index (χ1) is 17.6. The number of carbonyl (C=O) groups is 1. The number of benzene rings is 3. The third-order valence-corrected chi connectivity index (χ3v) is 7.23. The van der Waals surface area contributed by atoms with Gasteiger partial charge in [-0.2, -0.15) is 0 Å². The van der Waals surface area contributed by atoms with Crippen molar-refractivity contribution in [2.45, 2.75) is 37.7 Å². The van der Waals surface area contributed by atoms with Gasteiger partial charge in [-0.1, -0.05) is 49.2 Å². The van der Waals surface area contributed by atoms with Crippen molar-refractivity contribution in [3.8, 4) is 17.2 Å². The second-order valence-corrected chi connectivity index (χ2v) is 9.45. The second-order valence-electron chi connectivity index (χ2n) is 9.45. The lowest BCUT2D eigenvalue weighted by Crippen LogP contribution is -2.39. The number of aromatic amines is 1. The standard InChI is InChI=1S/C30H32N2O4/c1-34-27-13-10-23(18-28(27)35-2)30(14-6-7-15-30)20-31-29(33)26-17-22-16-24(11-12-25(22)32-26)36-19-21-8-4-3-5-9-21/h3-5,8-13,16-18,32H,6-7,14-15,19-20H2,1-2H3,(H,31,33). The van der Waals surface area contributed by atoms with Crippen LogP contribution in [0.25, 0.3) is 10.9 Å². The molecule has 6 heteroatoms. The minimum absolute atomic E-state index is 0.107. The number of H-pyrrole nitrogens is 1. The molecular weight excluding hydrogens is 452 g/mol. The maximum absolute atomic E-state index is 13.1. The smallest absolute Gasteiger partial charge is 0.267 e. The summed E-state index contributed by atoms with van der Waals surface area (Å²) in [5, 5.41) is 4.14. The van der Waals surface area contributed by atoms with Gasteiger partial charge in [0.1, 0.15) is 18.1 Å². The van der Waals surface area contributed by atoms with E-state index in [2.05, 4.69) is 22.4 Å². The Morgan fingerprint density at radius 1 is 0.917 bits per heavy atom. The average molecular weight is 485 g/mol. The molecule has 5 rings (SSSR count). The van der Waals surface area contributed by atoms with Gasteiger partial charge < -0.3 is 24.5 Å². The van der Waals surface area contributed by atoms with E-state index in [0.717, 1.165) is 47.9 Å². The van der Waals surface area contributed by atoms with Gasteiger partial charge in [0, 0.05) is 22.9 Å². The van der Waals surface area contributed by atoms with E-state index >= 15 is 0 Å². The van der Waals surface area contributed by atoms with Crippen LogP contribution >= 0.6 is 0 Å². The van der Waals surface area contributed by atoms with Gasteiger partial charge >= 0.3 is 0 Å². The van der Waals surface area contributed by atoms with Crippen molar-refractivity contribution < 1.29 is 19.0 Å². The third kappa shape index (κ3) is 4.89. The van der Waals surface area contributed by atoms with Crippen LogP contribution < -0.4 is 19.5 Å². The average Bonchev–Trinajstić information content (AvgIpc) is 3.58. The summed E-state index contributed by atoms with van der Waals surface area (Å²) in [6, 6.07) is 23.9. The largest absolute Gasteiger partial charge is 0.493 e. The highest BCUT2D eigenvalue weighted by molar-refractivity contribution is 5.98. The fraction of sp³-hybridized carbons (Fsp3) is 0.300. The summed E-state index contributed by atoms with van der Waals surface area (Å²) in [5.41, 5.74) is 3.63. The van der Waals surface area contributed by atoms with Gasteiger partial charge in [-0.15, -0.1) is 0 Å². The molecule has 0 radical (unpaired) electrons. The van der Waals surface area contributed by atoms with Gasteiger partial charge in [-0.05, 0) is 60.4 Å². The van der Waals surface area contributed by atoms with E-state index in [1.807, 2.05) is 60.7 Å². The summed E-state index contributed by atoms with van der Waals surface area (Å²) in [6.07, 6.45) is 4.33. The molecule has 1 fully saturated rings. The fourth-order valence-electron chi connectivity index (χ4n) is 5.19. The Kier molecular flexibility index (Phi) is 6.85. The van der Waals surface area contributed by atoms with E-state index in [1.54, 1.807) is 14.2 Å². The maximum atomic E-state index is 13.1. The monoisotopic (exact) mass is 484 g/mol. The summed E-state index contributed by atoms with van der Waals surface area (Å²) in [6.45, 7) is 1.07. The molecule has 0 spiro atoms. The molecule has 4 aromatic rings. The van der Waals surface area contributed by atoms with Crippen LogP contribution in [-0.2, 0) is 12.0 Å². The zero-order valence-electron chi connectivity index (χ0n) is 20.8. The van der Waals surface area contributed by atoms with Crippen LogP contribution in [0.4, 0.5) is 0 Å². The predicted molar refractivity (Wildman–Crippen MR) is 141 cm³/mol. The highest BCUT2D eigenvalue weighted by atomic mass is 16.5. The van der Waals surface area contributed by atoms with Crippen LogP contribution in [0.3, 0.4) is 0 Å². The maximum Gasteiger partial charge on any atom is 0.267 e. The minimum atomic E-state index is -0.111. The Bertz CT molecular complexity index is 1340. The SMILES string of the molecule is COc1ccc(C2(CNC(=O)c3cc4cc(OCc5ccccc5)ccc4[nH]3)CCCC2)cc1OC. The summed E-state index contributed by atoms with van der Waals surface area (Å²) in [5.74, 6) is 2.09. The molecule has 186 valence electrons. The second kappa shape index (κ2) is 10.4. The number of methoxy groups -OCH3 is 2. The van der Waals surface area contributed by atoms with E-state index in [1.165, 1.54) is 5.56 Å².